The van der Waals surface area contributed by atoms with E-state index in [0.717, 1.165) is 17.7 Å². The van der Waals surface area contributed by atoms with Gasteiger partial charge in [0, 0.05) is 11.6 Å². The number of hydrogen-bond acceptors (Lipinski definition) is 2. The van der Waals surface area contributed by atoms with Crippen LogP contribution in [-0.2, 0) is 15.8 Å². The van der Waals surface area contributed by atoms with Gasteiger partial charge >= 0.3 is 6.11 Å². The molecular formula is C19H18F4O2. The normalized spacial score (nSPS) is 20.4. The van der Waals surface area contributed by atoms with Crippen molar-refractivity contribution in [3.63, 3.8) is 0 Å². The zero-order valence-electron chi connectivity index (χ0n) is 14.1. The predicted molar refractivity (Wildman–Crippen MR) is 84.7 cm³/mol. The van der Waals surface area contributed by atoms with Gasteiger partial charge in [0.2, 0.25) is 5.60 Å². The molecular weight excluding hydrogens is 336 g/mol. The maximum atomic E-state index is 14.6. The quantitative estimate of drug-likeness (QED) is 0.559. The van der Waals surface area contributed by atoms with E-state index in [1.807, 2.05) is 20.8 Å². The van der Waals surface area contributed by atoms with Crippen molar-refractivity contribution in [2.75, 3.05) is 6.61 Å². The first-order valence-electron chi connectivity index (χ1n) is 7.82. The molecule has 1 unspecified atom stereocenters. The van der Waals surface area contributed by atoms with Crippen molar-refractivity contribution in [2.45, 2.75) is 37.9 Å². The summed E-state index contributed by atoms with van der Waals surface area (Å²) in [4.78, 5) is 0. The summed E-state index contributed by atoms with van der Waals surface area (Å²) in [5, 5.41) is 0. The lowest BCUT2D eigenvalue weighted by atomic mass is 9.87. The van der Waals surface area contributed by atoms with E-state index in [1.54, 1.807) is 12.1 Å². The van der Waals surface area contributed by atoms with E-state index in [0.29, 0.717) is 6.07 Å². The zero-order valence-corrected chi connectivity index (χ0v) is 14.1. The van der Waals surface area contributed by atoms with Crippen LogP contribution in [0.3, 0.4) is 0 Å². The molecule has 25 heavy (non-hydrogen) atoms. The average Bonchev–Trinajstić information content (AvgIpc) is 3.28. The fourth-order valence-corrected chi connectivity index (χ4v) is 2.62. The van der Waals surface area contributed by atoms with Gasteiger partial charge in [0.1, 0.15) is 17.4 Å². The van der Waals surface area contributed by atoms with Crippen molar-refractivity contribution in [3.05, 3.63) is 65.2 Å². The first-order valence-corrected chi connectivity index (χ1v) is 7.82. The molecule has 0 N–H and O–H groups in total. The third kappa shape index (κ3) is 3.23. The molecule has 2 nitrogen and oxygen atoms in total. The highest BCUT2D eigenvalue weighted by atomic mass is 19.3. The Morgan fingerprint density at radius 3 is 2.08 bits per heavy atom. The lowest BCUT2D eigenvalue weighted by Crippen LogP contribution is -2.41. The second-order valence-corrected chi connectivity index (χ2v) is 7.13. The Hall–Kier alpha value is -2.08. The third-order valence-electron chi connectivity index (χ3n) is 4.24. The first-order chi connectivity index (χ1) is 11.6. The lowest BCUT2D eigenvalue weighted by molar-refractivity contribution is -0.227. The molecule has 1 atom stereocenters. The van der Waals surface area contributed by atoms with Gasteiger partial charge < -0.3 is 9.47 Å². The molecule has 0 aliphatic carbocycles. The molecule has 1 heterocycles. The van der Waals surface area contributed by atoms with Gasteiger partial charge in [-0.15, -0.1) is 0 Å². The summed E-state index contributed by atoms with van der Waals surface area (Å²) in [6.45, 7) is 5.59. The predicted octanol–water partition coefficient (Wildman–Crippen LogP) is 5.16. The minimum Gasteiger partial charge on any atom is -0.430 e. The summed E-state index contributed by atoms with van der Waals surface area (Å²) in [7, 11) is 0. The van der Waals surface area contributed by atoms with Crippen LogP contribution in [0.1, 0.15) is 31.9 Å². The van der Waals surface area contributed by atoms with Gasteiger partial charge in [0.15, 0.2) is 0 Å². The Morgan fingerprint density at radius 2 is 1.60 bits per heavy atom. The lowest BCUT2D eigenvalue weighted by Gasteiger charge is -2.25. The fourth-order valence-electron chi connectivity index (χ4n) is 2.62. The monoisotopic (exact) mass is 354 g/mol. The molecule has 1 aliphatic rings. The van der Waals surface area contributed by atoms with Crippen LogP contribution >= 0.6 is 0 Å². The van der Waals surface area contributed by atoms with Crippen LogP contribution in [0.4, 0.5) is 17.6 Å². The third-order valence-corrected chi connectivity index (χ3v) is 4.24. The smallest absolute Gasteiger partial charge is 0.430 e. The number of hydrogen-bond donors (Lipinski definition) is 0. The number of rotatable bonds is 4. The molecule has 2 aromatic rings. The second kappa shape index (κ2) is 5.73. The summed E-state index contributed by atoms with van der Waals surface area (Å²) >= 11 is 0. The zero-order chi connectivity index (χ0) is 18.5. The van der Waals surface area contributed by atoms with Crippen molar-refractivity contribution in [1.29, 1.82) is 0 Å². The van der Waals surface area contributed by atoms with E-state index in [4.69, 9.17) is 9.47 Å². The Kier molecular flexibility index (Phi) is 4.06. The summed E-state index contributed by atoms with van der Waals surface area (Å²) in [6, 6.07) is 8.69. The van der Waals surface area contributed by atoms with Crippen molar-refractivity contribution in [3.8, 4) is 5.75 Å². The largest absolute Gasteiger partial charge is 0.434 e. The Morgan fingerprint density at radius 1 is 1.00 bits per heavy atom. The number of alkyl halides is 2. The Labute approximate surface area is 143 Å². The number of benzene rings is 2. The summed E-state index contributed by atoms with van der Waals surface area (Å²) in [5.41, 5.74) is -1.83. The summed E-state index contributed by atoms with van der Waals surface area (Å²) in [5.74, 6) is -2.00. The van der Waals surface area contributed by atoms with E-state index in [1.165, 1.54) is 12.1 Å². The molecule has 134 valence electrons. The minimum absolute atomic E-state index is 0.0598. The van der Waals surface area contributed by atoms with E-state index < -0.39 is 35.5 Å². The summed E-state index contributed by atoms with van der Waals surface area (Å²) < 4.78 is 65.9. The average molecular weight is 354 g/mol. The number of halogens is 4. The SMILES string of the molecule is CC(C)(C)c1ccc(OC(F)(F)C2(c3ccc(F)cc3F)CO2)cc1. The highest BCUT2D eigenvalue weighted by Crippen LogP contribution is 2.52. The standard InChI is InChI=1S/C19H18F4O2/c1-17(2,3)12-4-7-14(8-5-12)25-19(22,23)18(11-24-18)15-9-6-13(20)10-16(15)21/h4-10H,11H2,1-3H3. The van der Waals surface area contributed by atoms with Crippen LogP contribution in [0.15, 0.2) is 42.5 Å². The van der Waals surface area contributed by atoms with E-state index >= 15 is 0 Å². The first kappa shape index (κ1) is 17.7. The van der Waals surface area contributed by atoms with Gasteiger partial charge in [-0.05, 0) is 35.2 Å². The molecule has 1 saturated heterocycles. The van der Waals surface area contributed by atoms with Crippen LogP contribution in [0, 0.1) is 11.6 Å². The van der Waals surface area contributed by atoms with E-state index in [-0.39, 0.29) is 11.2 Å². The Balaban J connectivity index is 1.86. The molecule has 0 amide bonds. The van der Waals surface area contributed by atoms with Crippen molar-refractivity contribution in [2.24, 2.45) is 0 Å². The van der Waals surface area contributed by atoms with E-state index in [2.05, 4.69) is 0 Å². The van der Waals surface area contributed by atoms with E-state index in [9.17, 15) is 17.6 Å². The van der Waals surface area contributed by atoms with Crippen LogP contribution in [-0.4, -0.2) is 12.7 Å². The van der Waals surface area contributed by atoms with Crippen LogP contribution in [0.25, 0.3) is 0 Å². The van der Waals surface area contributed by atoms with Gasteiger partial charge in [-0.1, -0.05) is 32.9 Å². The maximum Gasteiger partial charge on any atom is 0.434 e. The molecule has 0 spiro atoms. The van der Waals surface area contributed by atoms with Crippen LogP contribution in [0.5, 0.6) is 5.75 Å². The number of epoxide rings is 1. The minimum atomic E-state index is -3.81. The van der Waals surface area contributed by atoms with Crippen LogP contribution < -0.4 is 4.74 Å². The molecule has 1 fully saturated rings. The molecule has 2 aromatic carbocycles. The van der Waals surface area contributed by atoms with Crippen molar-refractivity contribution < 1.29 is 27.0 Å². The highest BCUT2D eigenvalue weighted by molar-refractivity contribution is 5.34. The van der Waals surface area contributed by atoms with Crippen molar-refractivity contribution >= 4 is 0 Å². The molecule has 6 heteroatoms. The molecule has 1 aliphatic heterocycles. The molecule has 0 radical (unpaired) electrons. The van der Waals surface area contributed by atoms with Crippen LogP contribution in [0.2, 0.25) is 0 Å². The van der Waals surface area contributed by atoms with Gasteiger partial charge in [-0.2, -0.15) is 8.78 Å². The molecule has 0 aromatic heterocycles. The highest BCUT2D eigenvalue weighted by Gasteiger charge is 2.69. The molecule has 3 rings (SSSR count). The summed E-state index contributed by atoms with van der Waals surface area (Å²) in [6.07, 6.45) is -3.81. The number of ether oxygens (including phenoxy) is 2. The van der Waals surface area contributed by atoms with Gasteiger partial charge in [0.05, 0.1) is 6.61 Å². The molecule has 0 saturated carbocycles. The molecule has 0 bridgehead atoms. The topological polar surface area (TPSA) is 21.8 Å². The fraction of sp³-hybridized carbons (Fsp3) is 0.368. The van der Waals surface area contributed by atoms with Gasteiger partial charge in [-0.3, -0.25) is 0 Å². The van der Waals surface area contributed by atoms with Gasteiger partial charge in [0.25, 0.3) is 0 Å². The maximum absolute atomic E-state index is 14.6. The Bertz CT molecular complexity index is 775. The van der Waals surface area contributed by atoms with Crippen molar-refractivity contribution in [1.82, 2.24) is 0 Å². The second-order valence-electron chi connectivity index (χ2n) is 7.13. The van der Waals surface area contributed by atoms with Gasteiger partial charge in [-0.25, -0.2) is 8.78 Å².